The van der Waals surface area contributed by atoms with Crippen molar-refractivity contribution in [3.8, 4) is 11.5 Å². The molecule has 0 radical (unpaired) electrons. The van der Waals surface area contributed by atoms with Crippen molar-refractivity contribution in [3.63, 3.8) is 0 Å². The molecule has 0 saturated heterocycles. The van der Waals surface area contributed by atoms with Crippen LogP contribution < -0.4 is 20.1 Å². The van der Waals surface area contributed by atoms with Gasteiger partial charge in [0.25, 0.3) is 0 Å². The lowest BCUT2D eigenvalue weighted by molar-refractivity contribution is -0.119. The van der Waals surface area contributed by atoms with Gasteiger partial charge in [-0.05, 0) is 36.2 Å². The third kappa shape index (κ3) is 8.03. The Morgan fingerprint density at radius 3 is 2.56 bits per heavy atom. The van der Waals surface area contributed by atoms with Crippen molar-refractivity contribution in [1.29, 1.82) is 0 Å². The maximum atomic E-state index is 12.0. The predicted octanol–water partition coefficient (Wildman–Crippen LogP) is 4.38. The molecule has 0 aliphatic carbocycles. The van der Waals surface area contributed by atoms with Crippen LogP contribution in [-0.4, -0.2) is 26.2 Å². The monoisotopic (exact) mass is 370 g/mol. The smallest absolute Gasteiger partial charge is 0.239 e. The minimum atomic E-state index is -0.0586. The van der Waals surface area contributed by atoms with Crippen LogP contribution in [0.4, 0.5) is 5.69 Å². The van der Waals surface area contributed by atoms with Gasteiger partial charge in [0, 0.05) is 18.3 Å². The molecule has 146 valence electrons. The molecular formula is C22H30N2O3. The van der Waals surface area contributed by atoms with Crippen LogP contribution in [0.2, 0.25) is 0 Å². The van der Waals surface area contributed by atoms with Crippen LogP contribution in [0.1, 0.15) is 38.2 Å². The molecule has 5 nitrogen and oxygen atoms in total. The molecule has 0 heterocycles. The van der Waals surface area contributed by atoms with Crippen molar-refractivity contribution in [2.75, 3.05) is 25.6 Å². The molecule has 0 atom stereocenters. The summed E-state index contributed by atoms with van der Waals surface area (Å²) < 4.78 is 10.9. The van der Waals surface area contributed by atoms with E-state index in [1.165, 1.54) is 19.3 Å². The second-order valence-corrected chi connectivity index (χ2v) is 6.42. The fraction of sp³-hybridized carbons (Fsp3) is 0.409. The number of carbonyl (C=O) groups is 1. The normalized spacial score (nSPS) is 10.3. The number of amides is 1. The zero-order valence-corrected chi connectivity index (χ0v) is 16.3. The summed E-state index contributed by atoms with van der Waals surface area (Å²) in [5.41, 5.74) is 1.91. The van der Waals surface area contributed by atoms with Gasteiger partial charge in [-0.25, -0.2) is 0 Å². The number of ether oxygens (including phenoxy) is 2. The first-order valence-electron chi connectivity index (χ1n) is 9.57. The number of rotatable bonds is 12. The average Bonchev–Trinajstić information content (AvgIpc) is 2.71. The predicted molar refractivity (Wildman–Crippen MR) is 109 cm³/mol. The molecule has 0 spiro atoms. The zero-order chi connectivity index (χ0) is 19.3. The van der Waals surface area contributed by atoms with Crippen molar-refractivity contribution in [2.45, 2.75) is 39.2 Å². The average molecular weight is 370 g/mol. The number of hydrogen-bond acceptors (Lipinski definition) is 4. The molecule has 0 bridgehead atoms. The molecular weight excluding hydrogens is 340 g/mol. The van der Waals surface area contributed by atoms with E-state index in [-0.39, 0.29) is 12.5 Å². The molecule has 27 heavy (non-hydrogen) atoms. The fourth-order valence-corrected chi connectivity index (χ4v) is 2.60. The summed E-state index contributed by atoms with van der Waals surface area (Å²) >= 11 is 0. The Kier molecular flexibility index (Phi) is 9.04. The van der Waals surface area contributed by atoms with Crippen molar-refractivity contribution < 1.29 is 14.3 Å². The van der Waals surface area contributed by atoms with E-state index in [1.807, 2.05) is 48.5 Å². The molecule has 2 rings (SSSR count). The first-order chi connectivity index (χ1) is 13.2. The summed E-state index contributed by atoms with van der Waals surface area (Å²) in [5, 5.41) is 6.04. The molecule has 5 heteroatoms. The van der Waals surface area contributed by atoms with Crippen molar-refractivity contribution in [3.05, 3.63) is 54.1 Å². The van der Waals surface area contributed by atoms with E-state index in [2.05, 4.69) is 17.6 Å². The van der Waals surface area contributed by atoms with Gasteiger partial charge < -0.3 is 20.1 Å². The number of benzene rings is 2. The van der Waals surface area contributed by atoms with Gasteiger partial charge >= 0.3 is 0 Å². The van der Waals surface area contributed by atoms with Crippen LogP contribution in [-0.2, 0) is 11.3 Å². The standard InChI is InChI=1S/C22H30N2O3/c1-3-4-5-6-14-27-21-9-7-8-19(15-21)23-17-22(25)24-16-18-10-12-20(26-2)13-11-18/h7-13,15,23H,3-6,14,16-17H2,1-2H3,(H,24,25). The topological polar surface area (TPSA) is 59.6 Å². The molecule has 2 aromatic rings. The maximum absolute atomic E-state index is 12.0. The number of anilines is 1. The quantitative estimate of drug-likeness (QED) is 0.544. The summed E-state index contributed by atoms with van der Waals surface area (Å²) in [6.07, 6.45) is 4.73. The lowest BCUT2D eigenvalue weighted by atomic mass is 10.2. The van der Waals surface area contributed by atoms with Crippen LogP contribution in [0.5, 0.6) is 11.5 Å². The zero-order valence-electron chi connectivity index (χ0n) is 16.3. The minimum Gasteiger partial charge on any atom is -0.497 e. The second-order valence-electron chi connectivity index (χ2n) is 6.42. The molecule has 0 fully saturated rings. The SMILES string of the molecule is CCCCCCOc1cccc(NCC(=O)NCc2ccc(OC)cc2)c1. The van der Waals surface area contributed by atoms with Gasteiger partial charge in [-0.15, -0.1) is 0 Å². The Hall–Kier alpha value is -2.69. The second kappa shape index (κ2) is 11.8. The van der Waals surface area contributed by atoms with E-state index in [0.717, 1.165) is 35.8 Å². The van der Waals surface area contributed by atoms with Gasteiger partial charge in [0.15, 0.2) is 0 Å². The Morgan fingerprint density at radius 2 is 1.81 bits per heavy atom. The van der Waals surface area contributed by atoms with E-state index in [0.29, 0.717) is 6.54 Å². The molecule has 0 aliphatic rings. The largest absolute Gasteiger partial charge is 0.497 e. The van der Waals surface area contributed by atoms with E-state index >= 15 is 0 Å². The lowest BCUT2D eigenvalue weighted by Gasteiger charge is -2.10. The van der Waals surface area contributed by atoms with E-state index < -0.39 is 0 Å². The van der Waals surface area contributed by atoms with Gasteiger partial charge in [-0.1, -0.05) is 44.4 Å². The number of hydrogen-bond donors (Lipinski definition) is 2. The van der Waals surface area contributed by atoms with Crippen LogP contribution in [0, 0.1) is 0 Å². The summed E-state index contributed by atoms with van der Waals surface area (Å²) in [6, 6.07) is 15.4. The molecule has 1 amide bonds. The first-order valence-corrected chi connectivity index (χ1v) is 9.57. The lowest BCUT2D eigenvalue weighted by Crippen LogP contribution is -2.29. The highest BCUT2D eigenvalue weighted by atomic mass is 16.5. The first kappa shape index (κ1) is 20.6. The Balaban J connectivity index is 1.70. The maximum Gasteiger partial charge on any atom is 0.239 e. The highest BCUT2D eigenvalue weighted by Gasteiger charge is 2.03. The third-order valence-electron chi connectivity index (χ3n) is 4.20. The Bertz CT molecular complexity index is 686. The summed E-state index contributed by atoms with van der Waals surface area (Å²) in [5.74, 6) is 1.58. The van der Waals surface area contributed by atoms with Crippen LogP contribution in [0.15, 0.2) is 48.5 Å². The third-order valence-corrected chi connectivity index (χ3v) is 4.20. The molecule has 2 aromatic carbocycles. The summed E-state index contributed by atoms with van der Waals surface area (Å²) in [4.78, 5) is 12.0. The van der Waals surface area contributed by atoms with Gasteiger partial charge in [0.05, 0.1) is 20.3 Å². The number of unbranched alkanes of at least 4 members (excludes halogenated alkanes) is 3. The molecule has 0 aromatic heterocycles. The Morgan fingerprint density at radius 1 is 1.00 bits per heavy atom. The van der Waals surface area contributed by atoms with Gasteiger partial charge in [-0.3, -0.25) is 4.79 Å². The minimum absolute atomic E-state index is 0.0586. The molecule has 0 unspecified atom stereocenters. The highest BCUT2D eigenvalue weighted by molar-refractivity contribution is 5.80. The van der Waals surface area contributed by atoms with Crippen LogP contribution in [0.25, 0.3) is 0 Å². The van der Waals surface area contributed by atoms with E-state index in [1.54, 1.807) is 7.11 Å². The van der Waals surface area contributed by atoms with Crippen molar-refractivity contribution in [1.82, 2.24) is 5.32 Å². The number of carbonyl (C=O) groups excluding carboxylic acids is 1. The van der Waals surface area contributed by atoms with Gasteiger partial charge in [-0.2, -0.15) is 0 Å². The van der Waals surface area contributed by atoms with Gasteiger partial charge in [0.1, 0.15) is 11.5 Å². The van der Waals surface area contributed by atoms with Gasteiger partial charge in [0.2, 0.25) is 5.91 Å². The van der Waals surface area contributed by atoms with E-state index in [4.69, 9.17) is 9.47 Å². The summed E-state index contributed by atoms with van der Waals surface area (Å²) in [7, 11) is 1.63. The van der Waals surface area contributed by atoms with Crippen molar-refractivity contribution in [2.24, 2.45) is 0 Å². The number of nitrogens with one attached hydrogen (secondary N) is 2. The van der Waals surface area contributed by atoms with Crippen LogP contribution in [0.3, 0.4) is 0 Å². The molecule has 0 aliphatic heterocycles. The summed E-state index contributed by atoms with van der Waals surface area (Å²) in [6.45, 7) is 3.64. The highest BCUT2D eigenvalue weighted by Crippen LogP contribution is 2.17. The number of methoxy groups -OCH3 is 1. The fourth-order valence-electron chi connectivity index (χ4n) is 2.60. The Labute approximate surface area is 162 Å². The van der Waals surface area contributed by atoms with Crippen LogP contribution >= 0.6 is 0 Å². The van der Waals surface area contributed by atoms with Crippen molar-refractivity contribution >= 4 is 11.6 Å². The molecule has 0 saturated carbocycles. The van der Waals surface area contributed by atoms with E-state index in [9.17, 15) is 4.79 Å². The molecule has 2 N–H and O–H groups in total.